The Morgan fingerprint density at radius 2 is 1.78 bits per heavy atom. The quantitative estimate of drug-likeness (QED) is 0.176. The van der Waals surface area contributed by atoms with Crippen LogP contribution >= 0.6 is 11.6 Å². The highest BCUT2D eigenvalue weighted by Crippen LogP contribution is 2.38. The van der Waals surface area contributed by atoms with Crippen LogP contribution in [-0.4, -0.2) is 16.0 Å². The fraction of sp³-hybridized carbons (Fsp3) is 0.143. The Morgan fingerprint density at radius 3 is 2.43 bits per heavy atom. The average Bonchev–Trinajstić information content (AvgIpc) is 3.65. The Kier molecular flexibility index (Phi) is 6.74. The number of benzene rings is 3. The molecule has 5 rings (SSSR count). The van der Waals surface area contributed by atoms with Crippen molar-refractivity contribution in [3.63, 3.8) is 0 Å². The molecule has 1 aliphatic heterocycles. The van der Waals surface area contributed by atoms with Crippen LogP contribution in [0.1, 0.15) is 28.3 Å². The number of carbonyl (C=O) groups excluding carboxylic acids is 1. The minimum atomic E-state index is -1.75. The third-order valence-corrected chi connectivity index (χ3v) is 6.45. The third-order valence-electron chi connectivity index (χ3n) is 6.16. The molecule has 37 heavy (non-hydrogen) atoms. The first-order chi connectivity index (χ1) is 17.7. The summed E-state index contributed by atoms with van der Waals surface area (Å²) in [6.45, 7) is 1.70. The lowest BCUT2D eigenvalue weighted by Gasteiger charge is -2.19. The number of aliphatic hydroxyl groups is 1. The normalized spacial score (nSPS) is 14.7. The van der Waals surface area contributed by atoms with Gasteiger partial charge in [0, 0.05) is 23.0 Å². The van der Waals surface area contributed by atoms with Gasteiger partial charge in [0.1, 0.15) is 5.82 Å². The number of nitrogens with zero attached hydrogens (tertiary/aromatic N) is 1. The van der Waals surface area contributed by atoms with Crippen LogP contribution in [0.5, 0.6) is 0 Å². The summed E-state index contributed by atoms with van der Waals surface area (Å²) in [6.07, 6.45) is 1.71. The molecule has 0 bridgehead atoms. The minimum Gasteiger partial charge on any atom is -0.336 e. The first kappa shape index (κ1) is 25.0. The van der Waals surface area contributed by atoms with E-state index in [4.69, 9.17) is 11.6 Å². The van der Waals surface area contributed by atoms with Crippen molar-refractivity contribution in [2.45, 2.75) is 25.2 Å². The van der Waals surface area contributed by atoms with E-state index in [0.29, 0.717) is 28.9 Å². The van der Waals surface area contributed by atoms with Crippen LogP contribution in [0.4, 0.5) is 14.5 Å². The largest absolute Gasteiger partial charge is 0.365 e. The SMILES string of the molecule is Cc1cc(C(Cc2ccccc2)C(=O)Nc2ccc(C3(O)OO3)cc2)ncc1-c1c(F)ccc(Cl)c1F. The van der Waals surface area contributed by atoms with Crippen molar-refractivity contribution in [1.29, 1.82) is 0 Å². The molecule has 0 saturated carbocycles. The molecule has 9 heteroatoms. The van der Waals surface area contributed by atoms with Crippen LogP contribution in [0.2, 0.25) is 5.02 Å². The Hall–Kier alpha value is -3.69. The molecule has 1 unspecified atom stereocenters. The lowest BCUT2D eigenvalue weighted by molar-refractivity contribution is -0.117. The molecule has 6 nitrogen and oxygen atoms in total. The first-order valence-corrected chi connectivity index (χ1v) is 11.8. The summed E-state index contributed by atoms with van der Waals surface area (Å²) in [5.74, 6) is -4.40. The molecule has 0 radical (unpaired) electrons. The summed E-state index contributed by atoms with van der Waals surface area (Å²) in [7, 11) is 0. The number of halogens is 3. The highest BCUT2D eigenvalue weighted by molar-refractivity contribution is 6.31. The summed E-state index contributed by atoms with van der Waals surface area (Å²) in [5, 5.41) is 12.5. The van der Waals surface area contributed by atoms with Gasteiger partial charge in [-0.05, 0) is 66.9 Å². The number of pyridine rings is 1. The number of hydrogen-bond acceptors (Lipinski definition) is 5. The zero-order valence-electron chi connectivity index (χ0n) is 19.5. The monoisotopic (exact) mass is 522 g/mol. The van der Waals surface area contributed by atoms with E-state index < -0.39 is 23.5 Å². The van der Waals surface area contributed by atoms with E-state index in [-0.39, 0.29) is 22.1 Å². The molecule has 1 fully saturated rings. The lowest BCUT2D eigenvalue weighted by atomic mass is 9.92. The summed E-state index contributed by atoms with van der Waals surface area (Å²) < 4.78 is 29.2. The van der Waals surface area contributed by atoms with Crippen LogP contribution in [0, 0.1) is 18.6 Å². The van der Waals surface area contributed by atoms with Crippen LogP contribution in [0.25, 0.3) is 11.1 Å². The number of aryl methyl sites for hydroxylation is 1. The number of hydrogen-bond donors (Lipinski definition) is 2. The fourth-order valence-electron chi connectivity index (χ4n) is 4.11. The van der Waals surface area contributed by atoms with E-state index in [1.807, 2.05) is 30.3 Å². The molecular formula is C28H21ClF2N2O4. The van der Waals surface area contributed by atoms with E-state index in [1.165, 1.54) is 6.20 Å². The van der Waals surface area contributed by atoms with Crippen molar-refractivity contribution in [1.82, 2.24) is 4.98 Å². The standard InChI is InChI=1S/C28H21ClF2N2O4/c1-16-13-24(32-15-21(16)25-23(30)12-11-22(29)26(25)31)20(14-17-5-3-2-4-6-17)27(34)33-19-9-7-18(8-10-19)28(35)36-37-28/h2-13,15,20,35H,14H2,1H3,(H,33,34). The third kappa shape index (κ3) is 5.23. The summed E-state index contributed by atoms with van der Waals surface area (Å²) in [6, 6.07) is 19.7. The molecule has 2 heterocycles. The highest BCUT2D eigenvalue weighted by Gasteiger charge is 2.49. The van der Waals surface area contributed by atoms with Crippen molar-refractivity contribution in [2.24, 2.45) is 0 Å². The van der Waals surface area contributed by atoms with Gasteiger partial charge in [-0.2, -0.15) is 9.78 Å². The maximum Gasteiger partial charge on any atom is 0.365 e. The summed E-state index contributed by atoms with van der Waals surface area (Å²) in [5.41, 5.74) is 2.76. The van der Waals surface area contributed by atoms with Gasteiger partial charge >= 0.3 is 5.97 Å². The first-order valence-electron chi connectivity index (χ1n) is 11.4. The van der Waals surface area contributed by atoms with E-state index in [0.717, 1.165) is 17.7 Å². The Bertz CT molecular complexity index is 1460. The topological polar surface area (TPSA) is 87.3 Å². The van der Waals surface area contributed by atoms with Crippen LogP contribution in [0.15, 0.2) is 79.0 Å². The molecule has 3 aromatic carbocycles. The molecule has 2 N–H and O–H groups in total. The molecule has 4 aromatic rings. The minimum absolute atomic E-state index is 0.195. The molecular weight excluding hydrogens is 502 g/mol. The maximum absolute atomic E-state index is 14.7. The average molecular weight is 523 g/mol. The fourth-order valence-corrected chi connectivity index (χ4v) is 4.27. The van der Waals surface area contributed by atoms with Crippen LogP contribution in [0.3, 0.4) is 0 Å². The molecule has 1 amide bonds. The van der Waals surface area contributed by atoms with Crippen molar-refractivity contribution in [2.75, 3.05) is 5.32 Å². The molecule has 0 spiro atoms. The van der Waals surface area contributed by atoms with E-state index >= 15 is 0 Å². The summed E-state index contributed by atoms with van der Waals surface area (Å²) in [4.78, 5) is 27.0. The lowest BCUT2D eigenvalue weighted by Crippen LogP contribution is -2.24. The molecule has 1 atom stereocenters. The maximum atomic E-state index is 14.7. The molecule has 0 aliphatic carbocycles. The molecule has 1 saturated heterocycles. The number of aromatic nitrogens is 1. The molecule has 1 aromatic heterocycles. The number of amides is 1. The van der Waals surface area contributed by atoms with Gasteiger partial charge < -0.3 is 10.4 Å². The van der Waals surface area contributed by atoms with Crippen LogP contribution in [-0.2, 0) is 27.0 Å². The predicted octanol–water partition coefficient (Wildman–Crippen LogP) is 6.02. The van der Waals surface area contributed by atoms with Crippen molar-refractivity contribution >= 4 is 23.2 Å². The second-order valence-corrected chi connectivity index (χ2v) is 9.11. The van der Waals surface area contributed by atoms with Gasteiger partial charge in [0.25, 0.3) is 0 Å². The van der Waals surface area contributed by atoms with Gasteiger partial charge in [0.2, 0.25) is 5.91 Å². The summed E-state index contributed by atoms with van der Waals surface area (Å²) >= 11 is 5.87. The highest BCUT2D eigenvalue weighted by atomic mass is 35.5. The van der Waals surface area contributed by atoms with E-state index in [9.17, 15) is 18.7 Å². The van der Waals surface area contributed by atoms with Gasteiger partial charge in [-0.15, -0.1) is 0 Å². The van der Waals surface area contributed by atoms with Gasteiger partial charge in [-0.3, -0.25) is 9.78 Å². The predicted molar refractivity (Wildman–Crippen MR) is 133 cm³/mol. The van der Waals surface area contributed by atoms with E-state index in [2.05, 4.69) is 20.1 Å². The smallest absolute Gasteiger partial charge is 0.336 e. The number of anilines is 1. The van der Waals surface area contributed by atoms with Crippen molar-refractivity contribution in [3.8, 4) is 11.1 Å². The van der Waals surface area contributed by atoms with Crippen LogP contribution < -0.4 is 5.32 Å². The zero-order valence-corrected chi connectivity index (χ0v) is 20.3. The van der Waals surface area contributed by atoms with Gasteiger partial charge in [-0.25, -0.2) is 8.78 Å². The van der Waals surface area contributed by atoms with Gasteiger partial charge in [0.15, 0.2) is 5.82 Å². The number of rotatable bonds is 7. The number of carbonyl (C=O) groups is 1. The molecule has 1 aliphatic rings. The number of nitrogens with one attached hydrogen (secondary N) is 1. The zero-order chi connectivity index (χ0) is 26.2. The Labute approximate surface area is 216 Å². The second kappa shape index (κ2) is 9.99. The Balaban J connectivity index is 1.46. The van der Waals surface area contributed by atoms with E-state index in [1.54, 1.807) is 37.3 Å². The molecule has 188 valence electrons. The van der Waals surface area contributed by atoms with Crippen molar-refractivity contribution < 1.29 is 28.5 Å². The van der Waals surface area contributed by atoms with Gasteiger partial charge in [0.05, 0.1) is 22.2 Å². The van der Waals surface area contributed by atoms with Gasteiger partial charge in [-0.1, -0.05) is 41.9 Å². The Morgan fingerprint density at radius 1 is 1.08 bits per heavy atom. The second-order valence-electron chi connectivity index (χ2n) is 8.70. The van der Waals surface area contributed by atoms with Crippen molar-refractivity contribution in [3.05, 3.63) is 118 Å².